The number of esters is 1. The average Bonchev–Trinajstić information content (AvgIpc) is 2.71. The van der Waals surface area contributed by atoms with Gasteiger partial charge < -0.3 is 24.3 Å². The Morgan fingerprint density at radius 3 is 2.17 bits per heavy atom. The van der Waals surface area contributed by atoms with E-state index in [1.54, 1.807) is 17.0 Å². The van der Waals surface area contributed by atoms with Gasteiger partial charge in [-0.05, 0) is 6.07 Å². The molecule has 1 aliphatic heterocycles. The van der Waals surface area contributed by atoms with Crippen molar-refractivity contribution in [2.75, 3.05) is 59.1 Å². The van der Waals surface area contributed by atoms with Gasteiger partial charge in [0, 0.05) is 31.3 Å². The third-order valence-electron chi connectivity index (χ3n) is 4.42. The maximum Gasteiger partial charge on any atom is 0.320 e. The summed E-state index contributed by atoms with van der Waals surface area (Å²) in [6, 6.07) is 3.34. The zero-order valence-corrected chi connectivity index (χ0v) is 17.5. The van der Waals surface area contributed by atoms with Gasteiger partial charge in [0.05, 0.1) is 39.4 Å². The van der Waals surface area contributed by atoms with Crippen molar-refractivity contribution in [2.24, 2.45) is 0 Å². The van der Waals surface area contributed by atoms with Gasteiger partial charge >= 0.3 is 5.97 Å². The second kappa shape index (κ2) is 10.3. The Morgan fingerprint density at radius 2 is 1.59 bits per heavy atom. The summed E-state index contributed by atoms with van der Waals surface area (Å²) in [5.74, 6) is 0.493. The first kappa shape index (κ1) is 22.8. The topological polar surface area (TPSA) is 120 Å². The minimum atomic E-state index is -3.01. The number of hydrogen-bond acceptors (Lipinski definition) is 9. The molecule has 1 aromatic rings. The normalized spacial score (nSPS) is 16.0. The van der Waals surface area contributed by atoms with Crippen LogP contribution in [0.3, 0.4) is 0 Å². The van der Waals surface area contributed by atoms with Gasteiger partial charge in [-0.25, -0.2) is 8.42 Å². The summed E-state index contributed by atoms with van der Waals surface area (Å²) in [6.45, 7) is 0.224. The van der Waals surface area contributed by atoms with Gasteiger partial charge in [-0.3, -0.25) is 14.5 Å². The zero-order valence-electron chi connectivity index (χ0n) is 16.7. The molecular formula is C18H26N2O8S. The Hall–Kier alpha value is -2.53. The third kappa shape index (κ3) is 6.79. The van der Waals surface area contributed by atoms with Gasteiger partial charge in [0.15, 0.2) is 27.9 Å². The number of hydrogen-bond donors (Lipinski definition) is 1. The van der Waals surface area contributed by atoms with E-state index >= 15 is 0 Å². The van der Waals surface area contributed by atoms with E-state index in [4.69, 9.17) is 18.9 Å². The van der Waals surface area contributed by atoms with Crippen LogP contribution in [0.15, 0.2) is 12.1 Å². The highest BCUT2D eigenvalue weighted by atomic mass is 32.2. The van der Waals surface area contributed by atoms with Crippen LogP contribution in [0.1, 0.15) is 5.56 Å². The molecule has 0 radical (unpaired) electrons. The van der Waals surface area contributed by atoms with E-state index in [1.165, 1.54) is 21.3 Å². The highest BCUT2D eigenvalue weighted by Crippen LogP contribution is 2.34. The molecule has 0 unspecified atom stereocenters. The number of rotatable bonds is 9. The van der Waals surface area contributed by atoms with Gasteiger partial charge in [-0.1, -0.05) is 0 Å². The van der Waals surface area contributed by atoms with E-state index in [-0.39, 0.29) is 37.7 Å². The van der Waals surface area contributed by atoms with Gasteiger partial charge in [-0.15, -0.1) is 0 Å². The lowest BCUT2D eigenvalue weighted by Crippen LogP contribution is -2.43. The molecule has 1 amide bonds. The summed E-state index contributed by atoms with van der Waals surface area (Å²) in [5.41, 5.74) is 0.666. The fraction of sp³-hybridized carbons (Fsp3) is 0.556. The molecule has 1 N–H and O–H groups in total. The van der Waals surface area contributed by atoms with Crippen molar-refractivity contribution in [3.05, 3.63) is 17.7 Å². The molecule has 1 heterocycles. The maximum absolute atomic E-state index is 12.0. The summed E-state index contributed by atoms with van der Waals surface area (Å²) in [6.07, 6.45) is 0. The second-order valence-electron chi connectivity index (χ2n) is 6.38. The van der Waals surface area contributed by atoms with E-state index in [1.807, 2.05) is 0 Å². The number of benzene rings is 1. The predicted molar refractivity (Wildman–Crippen MR) is 104 cm³/mol. The molecule has 1 aliphatic rings. The van der Waals surface area contributed by atoms with Crippen LogP contribution in [0.4, 0.5) is 0 Å². The lowest BCUT2D eigenvalue weighted by molar-refractivity contribution is -0.149. The monoisotopic (exact) mass is 430 g/mol. The van der Waals surface area contributed by atoms with E-state index in [9.17, 15) is 18.0 Å². The Kier molecular flexibility index (Phi) is 8.09. The van der Waals surface area contributed by atoms with Crippen molar-refractivity contribution in [3.8, 4) is 17.2 Å². The number of ether oxygens (including phenoxy) is 4. The molecule has 0 spiro atoms. The first-order valence-electron chi connectivity index (χ1n) is 8.92. The number of sulfone groups is 1. The molecule has 0 aromatic heterocycles. The van der Waals surface area contributed by atoms with Crippen LogP contribution in [-0.2, 0) is 30.7 Å². The smallest absolute Gasteiger partial charge is 0.320 e. The van der Waals surface area contributed by atoms with Crippen molar-refractivity contribution in [3.63, 3.8) is 0 Å². The summed E-state index contributed by atoms with van der Waals surface area (Å²) < 4.78 is 43.5. The molecule has 162 valence electrons. The van der Waals surface area contributed by atoms with E-state index in [0.29, 0.717) is 22.8 Å². The molecule has 10 nitrogen and oxygen atoms in total. The second-order valence-corrected chi connectivity index (χ2v) is 8.69. The van der Waals surface area contributed by atoms with E-state index in [2.05, 4.69) is 5.32 Å². The van der Waals surface area contributed by atoms with Crippen LogP contribution < -0.4 is 19.5 Å². The van der Waals surface area contributed by atoms with Gasteiger partial charge in [0.2, 0.25) is 0 Å². The largest absolute Gasteiger partial charge is 0.496 e. The molecule has 11 heteroatoms. The minimum absolute atomic E-state index is 0.0217. The van der Waals surface area contributed by atoms with Crippen LogP contribution >= 0.6 is 0 Å². The summed E-state index contributed by atoms with van der Waals surface area (Å²) in [5, 5.41) is 2.65. The highest BCUT2D eigenvalue weighted by Gasteiger charge is 2.23. The van der Waals surface area contributed by atoms with Crippen LogP contribution in [0.2, 0.25) is 0 Å². The third-order valence-corrected chi connectivity index (χ3v) is 6.03. The lowest BCUT2D eigenvalue weighted by Gasteiger charge is -2.25. The molecular weight excluding hydrogens is 404 g/mol. The minimum Gasteiger partial charge on any atom is -0.496 e. The Morgan fingerprint density at radius 1 is 1.00 bits per heavy atom. The van der Waals surface area contributed by atoms with Crippen molar-refractivity contribution in [2.45, 2.75) is 6.54 Å². The number of methoxy groups -OCH3 is 3. The molecule has 0 atom stereocenters. The molecule has 1 fully saturated rings. The number of carbonyl (C=O) groups excluding carboxylic acids is 2. The molecule has 0 aliphatic carbocycles. The Balaban J connectivity index is 1.80. The first-order valence-corrected chi connectivity index (χ1v) is 10.7. The molecule has 2 rings (SSSR count). The van der Waals surface area contributed by atoms with Crippen LogP contribution in [-0.4, -0.2) is 84.3 Å². The van der Waals surface area contributed by atoms with Crippen molar-refractivity contribution in [1.29, 1.82) is 0 Å². The maximum atomic E-state index is 12.0. The zero-order chi connectivity index (χ0) is 21.4. The summed E-state index contributed by atoms with van der Waals surface area (Å²) in [7, 11) is 1.50. The van der Waals surface area contributed by atoms with Crippen molar-refractivity contribution in [1.82, 2.24) is 10.2 Å². The number of nitrogens with zero attached hydrogens (tertiary/aromatic N) is 1. The lowest BCUT2D eigenvalue weighted by atomic mass is 10.1. The highest BCUT2D eigenvalue weighted by molar-refractivity contribution is 7.91. The first-order chi connectivity index (χ1) is 13.8. The summed E-state index contributed by atoms with van der Waals surface area (Å²) in [4.78, 5) is 25.5. The number of nitrogens with one attached hydrogen (secondary N) is 1. The van der Waals surface area contributed by atoms with Crippen molar-refractivity contribution >= 4 is 21.7 Å². The molecule has 1 saturated heterocycles. The van der Waals surface area contributed by atoms with Gasteiger partial charge in [-0.2, -0.15) is 0 Å². The summed E-state index contributed by atoms with van der Waals surface area (Å²) >= 11 is 0. The van der Waals surface area contributed by atoms with Crippen LogP contribution in [0.25, 0.3) is 0 Å². The van der Waals surface area contributed by atoms with Crippen molar-refractivity contribution < 1.29 is 37.0 Å². The molecule has 29 heavy (non-hydrogen) atoms. The SMILES string of the molecule is COc1cc(OC)c(OC)cc1CNC(=O)COC(=O)CN1CCS(=O)(=O)CC1. The van der Waals surface area contributed by atoms with Gasteiger partial charge in [0.25, 0.3) is 5.91 Å². The quantitative estimate of drug-likeness (QED) is 0.522. The standard InChI is InChI=1S/C18H26N2O8S/c1-25-14-9-16(27-3)15(26-2)8-13(14)10-19-17(21)12-28-18(22)11-20-4-6-29(23,24)7-5-20/h8-9H,4-7,10-12H2,1-3H3,(H,19,21). The van der Waals surface area contributed by atoms with E-state index < -0.39 is 28.3 Å². The Labute approximate surface area is 170 Å². The van der Waals surface area contributed by atoms with Crippen LogP contribution in [0, 0.1) is 0 Å². The fourth-order valence-corrected chi connectivity index (χ4v) is 4.03. The molecule has 0 saturated carbocycles. The molecule has 0 bridgehead atoms. The number of amides is 1. The van der Waals surface area contributed by atoms with E-state index in [0.717, 1.165) is 0 Å². The predicted octanol–water partition coefficient (Wildman–Crippen LogP) is -0.398. The van der Waals surface area contributed by atoms with Gasteiger partial charge in [0.1, 0.15) is 5.75 Å². The number of carbonyl (C=O) groups is 2. The average molecular weight is 430 g/mol. The Bertz CT molecular complexity index is 827. The van der Waals surface area contributed by atoms with Crippen LogP contribution in [0.5, 0.6) is 17.2 Å². The molecule has 1 aromatic carbocycles. The fourth-order valence-electron chi connectivity index (χ4n) is 2.76.